The topological polar surface area (TPSA) is 0 Å². The van der Waals surface area contributed by atoms with Crippen LogP contribution in [0.3, 0.4) is 0 Å². The van der Waals surface area contributed by atoms with Gasteiger partial charge in [0.1, 0.15) is 5.82 Å². The second-order valence-electron chi connectivity index (χ2n) is 9.22. The lowest BCUT2D eigenvalue weighted by Gasteiger charge is -2.08. The Labute approximate surface area is 203 Å². The Bertz CT molecular complexity index is 1280. The van der Waals surface area contributed by atoms with E-state index >= 15 is 4.39 Å². The Morgan fingerprint density at radius 3 is 2.06 bits per heavy atom. The van der Waals surface area contributed by atoms with E-state index in [-0.39, 0.29) is 5.82 Å². The van der Waals surface area contributed by atoms with Crippen molar-refractivity contribution in [2.45, 2.75) is 58.8 Å². The molecule has 0 spiro atoms. The standard InChI is InChI=1S/C33H33F/c1-3-4-5-6-7-26-12-14-28(15-13-26)18-20-30-21-22-31-24-29(19-23-32(31)33(30)34)17-16-27-10-8-25(2)9-11-27/h8-15,19,21-24H,3-7,18,20H2,1-2H3. The van der Waals surface area contributed by atoms with Gasteiger partial charge in [-0.2, -0.15) is 0 Å². The number of fused-ring (bicyclic) bond motifs is 1. The van der Waals surface area contributed by atoms with Gasteiger partial charge in [-0.25, -0.2) is 4.39 Å². The van der Waals surface area contributed by atoms with Crippen molar-refractivity contribution in [3.8, 4) is 11.8 Å². The zero-order valence-electron chi connectivity index (χ0n) is 20.3. The molecule has 0 aliphatic heterocycles. The van der Waals surface area contributed by atoms with Crippen molar-refractivity contribution >= 4 is 10.8 Å². The molecule has 0 nitrogen and oxygen atoms in total. The van der Waals surface area contributed by atoms with Crippen LogP contribution in [0.5, 0.6) is 0 Å². The minimum atomic E-state index is -0.108. The maximum atomic E-state index is 15.2. The van der Waals surface area contributed by atoms with Gasteiger partial charge in [0.2, 0.25) is 0 Å². The summed E-state index contributed by atoms with van der Waals surface area (Å²) in [6, 6.07) is 26.7. The summed E-state index contributed by atoms with van der Waals surface area (Å²) in [5.74, 6) is 6.29. The highest BCUT2D eigenvalue weighted by atomic mass is 19.1. The average Bonchev–Trinajstić information content (AvgIpc) is 2.86. The lowest BCUT2D eigenvalue weighted by atomic mass is 9.98. The zero-order chi connectivity index (χ0) is 23.8. The first kappa shape index (κ1) is 23.8. The number of hydrogen-bond acceptors (Lipinski definition) is 0. The van der Waals surface area contributed by atoms with E-state index in [0.29, 0.717) is 11.8 Å². The molecule has 34 heavy (non-hydrogen) atoms. The van der Waals surface area contributed by atoms with Crippen molar-refractivity contribution in [1.82, 2.24) is 0 Å². The lowest BCUT2D eigenvalue weighted by molar-refractivity contribution is 0.620. The second-order valence-corrected chi connectivity index (χ2v) is 9.22. The molecule has 0 atom stereocenters. The minimum absolute atomic E-state index is 0.108. The molecule has 0 radical (unpaired) electrons. The van der Waals surface area contributed by atoms with Gasteiger partial charge >= 0.3 is 0 Å². The predicted octanol–water partition coefficient (Wildman–Crippen LogP) is 8.60. The van der Waals surface area contributed by atoms with Crippen LogP contribution in [0.15, 0.2) is 78.9 Å². The molecule has 0 aromatic heterocycles. The molecule has 0 N–H and O–H groups in total. The maximum absolute atomic E-state index is 15.2. The molecule has 0 saturated heterocycles. The molecule has 0 bridgehead atoms. The van der Waals surface area contributed by atoms with Crippen LogP contribution in [0.25, 0.3) is 10.8 Å². The van der Waals surface area contributed by atoms with Crippen molar-refractivity contribution in [2.75, 3.05) is 0 Å². The molecule has 4 aromatic carbocycles. The SMILES string of the molecule is CCCCCCc1ccc(CCc2ccc3cc(C#Cc4ccc(C)cc4)ccc3c2F)cc1. The predicted molar refractivity (Wildman–Crippen MR) is 143 cm³/mol. The number of hydrogen-bond donors (Lipinski definition) is 0. The van der Waals surface area contributed by atoms with E-state index in [0.717, 1.165) is 34.9 Å². The molecule has 172 valence electrons. The zero-order valence-corrected chi connectivity index (χ0v) is 20.3. The summed E-state index contributed by atoms with van der Waals surface area (Å²) in [4.78, 5) is 0. The Hall–Kier alpha value is -3.37. The van der Waals surface area contributed by atoms with E-state index in [2.05, 4.69) is 62.1 Å². The highest BCUT2D eigenvalue weighted by molar-refractivity contribution is 5.85. The molecular formula is C33H33F. The van der Waals surface area contributed by atoms with Gasteiger partial charge in [0.25, 0.3) is 0 Å². The summed E-state index contributed by atoms with van der Waals surface area (Å²) in [7, 11) is 0. The summed E-state index contributed by atoms with van der Waals surface area (Å²) in [5, 5.41) is 1.56. The van der Waals surface area contributed by atoms with E-state index in [4.69, 9.17) is 0 Å². The molecule has 0 amide bonds. The van der Waals surface area contributed by atoms with Gasteiger partial charge in [0, 0.05) is 16.5 Å². The van der Waals surface area contributed by atoms with Gasteiger partial charge in [-0.1, -0.05) is 98.2 Å². The number of halogens is 1. The van der Waals surface area contributed by atoms with Crippen LogP contribution in [0.1, 0.15) is 66.0 Å². The van der Waals surface area contributed by atoms with Crippen LogP contribution in [0.2, 0.25) is 0 Å². The molecule has 0 unspecified atom stereocenters. The molecule has 4 aromatic rings. The molecule has 0 aliphatic rings. The smallest absolute Gasteiger partial charge is 0.134 e. The summed E-state index contributed by atoms with van der Waals surface area (Å²) in [5.41, 5.74) is 6.54. The van der Waals surface area contributed by atoms with Crippen LogP contribution in [-0.4, -0.2) is 0 Å². The third-order valence-electron chi connectivity index (χ3n) is 6.46. The fraction of sp³-hybridized carbons (Fsp3) is 0.273. The Balaban J connectivity index is 1.40. The van der Waals surface area contributed by atoms with Crippen molar-refractivity contribution in [1.29, 1.82) is 0 Å². The quantitative estimate of drug-likeness (QED) is 0.187. The molecule has 0 heterocycles. The largest absolute Gasteiger partial charge is 0.206 e. The normalized spacial score (nSPS) is 10.8. The van der Waals surface area contributed by atoms with Crippen LogP contribution in [0, 0.1) is 24.6 Å². The molecule has 0 saturated carbocycles. The third kappa shape index (κ3) is 6.36. The minimum Gasteiger partial charge on any atom is -0.206 e. The van der Waals surface area contributed by atoms with E-state index in [1.165, 1.54) is 42.4 Å². The molecule has 0 aliphatic carbocycles. The number of unbranched alkanes of at least 4 members (excludes halogenated alkanes) is 3. The van der Waals surface area contributed by atoms with Crippen LogP contribution in [0.4, 0.5) is 4.39 Å². The summed E-state index contributed by atoms with van der Waals surface area (Å²) >= 11 is 0. The van der Waals surface area contributed by atoms with Crippen LogP contribution in [-0.2, 0) is 19.3 Å². The summed E-state index contributed by atoms with van der Waals surface area (Å²) in [6.45, 7) is 4.31. The van der Waals surface area contributed by atoms with Gasteiger partial charge in [0.15, 0.2) is 0 Å². The molecule has 4 rings (SSSR count). The first-order valence-electron chi connectivity index (χ1n) is 12.5. The van der Waals surface area contributed by atoms with Crippen LogP contribution < -0.4 is 0 Å². The second kappa shape index (κ2) is 11.7. The number of aryl methyl sites for hydroxylation is 4. The number of benzene rings is 4. The Morgan fingerprint density at radius 2 is 1.32 bits per heavy atom. The first-order chi connectivity index (χ1) is 16.6. The van der Waals surface area contributed by atoms with Gasteiger partial charge in [-0.3, -0.25) is 0 Å². The van der Waals surface area contributed by atoms with E-state index in [9.17, 15) is 0 Å². The molecule has 1 heteroatoms. The molecular weight excluding hydrogens is 415 g/mol. The average molecular weight is 449 g/mol. The highest BCUT2D eigenvalue weighted by Gasteiger charge is 2.08. The monoisotopic (exact) mass is 448 g/mol. The van der Waals surface area contributed by atoms with Gasteiger partial charge in [-0.15, -0.1) is 0 Å². The lowest BCUT2D eigenvalue weighted by Crippen LogP contribution is -1.96. The van der Waals surface area contributed by atoms with E-state index in [1.807, 2.05) is 42.5 Å². The summed E-state index contributed by atoms with van der Waals surface area (Å²) < 4.78 is 15.2. The fourth-order valence-corrected chi connectivity index (χ4v) is 4.30. The number of rotatable bonds is 8. The van der Waals surface area contributed by atoms with Gasteiger partial charge < -0.3 is 0 Å². The van der Waals surface area contributed by atoms with Crippen molar-refractivity contribution < 1.29 is 4.39 Å². The van der Waals surface area contributed by atoms with E-state index in [1.54, 1.807) is 0 Å². The third-order valence-corrected chi connectivity index (χ3v) is 6.46. The van der Waals surface area contributed by atoms with Gasteiger partial charge in [0.05, 0.1) is 0 Å². The van der Waals surface area contributed by atoms with E-state index < -0.39 is 0 Å². The summed E-state index contributed by atoms with van der Waals surface area (Å²) in [6.07, 6.45) is 7.85. The van der Waals surface area contributed by atoms with Crippen molar-refractivity contribution in [3.63, 3.8) is 0 Å². The Morgan fingerprint density at radius 1 is 0.647 bits per heavy atom. The highest BCUT2D eigenvalue weighted by Crippen LogP contribution is 2.24. The van der Waals surface area contributed by atoms with Crippen LogP contribution >= 0.6 is 0 Å². The van der Waals surface area contributed by atoms with Crippen molar-refractivity contribution in [2.24, 2.45) is 0 Å². The maximum Gasteiger partial charge on any atom is 0.134 e. The first-order valence-corrected chi connectivity index (χ1v) is 12.5. The Kier molecular flexibility index (Phi) is 8.16. The fourth-order valence-electron chi connectivity index (χ4n) is 4.30. The molecule has 0 fully saturated rings. The van der Waals surface area contributed by atoms with Crippen molar-refractivity contribution in [3.05, 3.63) is 118 Å². The van der Waals surface area contributed by atoms with Gasteiger partial charge in [-0.05, 0) is 78.9 Å².